The molecule has 1 aromatic carbocycles. The number of rotatable bonds is 6. The van der Waals surface area contributed by atoms with Crippen LogP contribution >= 0.6 is 11.3 Å². The number of carbonyl (C=O) groups is 2. The third-order valence-corrected chi connectivity index (χ3v) is 6.48. The molecule has 3 rings (SSSR count). The molecule has 2 atom stereocenters. The number of hydrogen-bond donors (Lipinski definition) is 1. The van der Waals surface area contributed by atoms with Gasteiger partial charge in [0, 0.05) is 10.8 Å². The van der Waals surface area contributed by atoms with Crippen LogP contribution in [0.2, 0.25) is 0 Å². The fourth-order valence-corrected chi connectivity index (χ4v) is 4.84. The molecule has 0 spiro atoms. The zero-order valence-electron chi connectivity index (χ0n) is 16.2. The molecule has 5 heteroatoms. The SMILES string of the molecule is CCOC(=O)c1c(NC(=O)[C@H](C)CC)sc2c1CC[C@H](c1ccccc1)C2. The quantitative estimate of drug-likeness (QED) is 0.697. The number of nitrogens with one attached hydrogen (secondary N) is 1. The third-order valence-electron chi connectivity index (χ3n) is 5.31. The predicted octanol–water partition coefficient (Wildman–Crippen LogP) is 5.18. The van der Waals surface area contributed by atoms with Gasteiger partial charge in [0.15, 0.2) is 0 Å². The van der Waals surface area contributed by atoms with Crippen molar-refractivity contribution in [2.24, 2.45) is 5.92 Å². The monoisotopic (exact) mass is 385 g/mol. The van der Waals surface area contributed by atoms with Crippen LogP contribution in [0.3, 0.4) is 0 Å². The molecule has 1 aliphatic carbocycles. The van der Waals surface area contributed by atoms with Gasteiger partial charge >= 0.3 is 5.97 Å². The second kappa shape index (κ2) is 8.70. The van der Waals surface area contributed by atoms with E-state index in [4.69, 9.17) is 4.74 Å². The molecule has 1 N–H and O–H groups in total. The first-order valence-corrected chi connectivity index (χ1v) is 10.5. The lowest BCUT2D eigenvalue weighted by atomic mass is 9.83. The van der Waals surface area contributed by atoms with Gasteiger partial charge in [-0.2, -0.15) is 0 Å². The molecule has 0 fully saturated rings. The lowest BCUT2D eigenvalue weighted by Crippen LogP contribution is -2.21. The topological polar surface area (TPSA) is 55.4 Å². The molecule has 0 unspecified atom stereocenters. The molecule has 0 aliphatic heterocycles. The van der Waals surface area contributed by atoms with E-state index in [0.29, 0.717) is 23.1 Å². The molecule has 27 heavy (non-hydrogen) atoms. The first-order chi connectivity index (χ1) is 13.0. The smallest absolute Gasteiger partial charge is 0.341 e. The van der Waals surface area contributed by atoms with Crippen molar-refractivity contribution >= 4 is 28.2 Å². The maximum Gasteiger partial charge on any atom is 0.341 e. The molecule has 0 bridgehead atoms. The zero-order chi connectivity index (χ0) is 19.4. The molecule has 1 heterocycles. The second-order valence-corrected chi connectivity index (χ2v) is 8.18. The first-order valence-electron chi connectivity index (χ1n) is 9.72. The molecular formula is C22H27NO3S. The van der Waals surface area contributed by atoms with Crippen LogP contribution in [-0.2, 0) is 22.4 Å². The van der Waals surface area contributed by atoms with E-state index in [1.54, 1.807) is 6.92 Å². The molecule has 1 aliphatic rings. The molecular weight excluding hydrogens is 358 g/mol. The van der Waals surface area contributed by atoms with Crippen LogP contribution in [0.15, 0.2) is 30.3 Å². The van der Waals surface area contributed by atoms with E-state index in [-0.39, 0.29) is 17.8 Å². The number of benzene rings is 1. The van der Waals surface area contributed by atoms with Gasteiger partial charge in [0.05, 0.1) is 12.2 Å². The number of ether oxygens (including phenoxy) is 1. The Morgan fingerprint density at radius 1 is 1.26 bits per heavy atom. The number of esters is 1. The van der Waals surface area contributed by atoms with Crippen LogP contribution in [0.25, 0.3) is 0 Å². The van der Waals surface area contributed by atoms with Crippen molar-refractivity contribution in [2.75, 3.05) is 11.9 Å². The van der Waals surface area contributed by atoms with Gasteiger partial charge < -0.3 is 10.1 Å². The fourth-order valence-electron chi connectivity index (χ4n) is 3.52. The highest BCUT2D eigenvalue weighted by Gasteiger charge is 2.31. The fraction of sp³-hybridized carbons (Fsp3) is 0.455. The standard InChI is InChI=1S/C22H27NO3S/c1-4-14(3)20(24)23-21-19(22(25)26-5-2)17-12-11-16(13-18(17)27-21)15-9-7-6-8-10-15/h6-10,14,16H,4-5,11-13H2,1-3H3,(H,23,24)/t14-,16+/m1/s1. The van der Waals surface area contributed by atoms with Gasteiger partial charge in [0.1, 0.15) is 5.00 Å². The Balaban J connectivity index is 1.92. The van der Waals surface area contributed by atoms with Crippen molar-refractivity contribution in [3.05, 3.63) is 51.9 Å². The van der Waals surface area contributed by atoms with Crippen molar-refractivity contribution in [1.29, 1.82) is 0 Å². The highest BCUT2D eigenvalue weighted by Crippen LogP contribution is 2.43. The van der Waals surface area contributed by atoms with Crippen molar-refractivity contribution in [1.82, 2.24) is 0 Å². The van der Waals surface area contributed by atoms with Gasteiger partial charge in [-0.25, -0.2) is 4.79 Å². The Bertz CT molecular complexity index is 812. The summed E-state index contributed by atoms with van der Waals surface area (Å²) in [5.74, 6) is -0.00405. The Labute approximate surface area is 164 Å². The minimum atomic E-state index is -0.326. The average molecular weight is 386 g/mol. The summed E-state index contributed by atoms with van der Waals surface area (Å²) >= 11 is 1.54. The number of anilines is 1. The molecule has 1 aromatic heterocycles. The van der Waals surface area contributed by atoms with E-state index in [1.165, 1.54) is 21.8 Å². The van der Waals surface area contributed by atoms with Crippen molar-refractivity contribution in [3.8, 4) is 0 Å². The van der Waals surface area contributed by atoms with Gasteiger partial charge in [-0.3, -0.25) is 4.79 Å². The van der Waals surface area contributed by atoms with Crippen LogP contribution in [0.4, 0.5) is 5.00 Å². The van der Waals surface area contributed by atoms with Gasteiger partial charge in [-0.05, 0) is 49.7 Å². The minimum Gasteiger partial charge on any atom is -0.462 e. The molecule has 0 radical (unpaired) electrons. The van der Waals surface area contributed by atoms with Gasteiger partial charge in [0.25, 0.3) is 0 Å². The average Bonchev–Trinajstić information content (AvgIpc) is 3.05. The summed E-state index contributed by atoms with van der Waals surface area (Å²) in [6.45, 7) is 6.02. The minimum absolute atomic E-state index is 0.0405. The van der Waals surface area contributed by atoms with Crippen LogP contribution in [0, 0.1) is 5.92 Å². The van der Waals surface area contributed by atoms with Crippen LogP contribution in [0.1, 0.15) is 65.9 Å². The van der Waals surface area contributed by atoms with Crippen molar-refractivity contribution in [2.45, 2.75) is 52.4 Å². The van der Waals surface area contributed by atoms with Gasteiger partial charge in [-0.15, -0.1) is 11.3 Å². The molecule has 0 saturated heterocycles. The first kappa shape index (κ1) is 19.6. The summed E-state index contributed by atoms with van der Waals surface area (Å²) in [6.07, 6.45) is 3.50. The Kier molecular flexibility index (Phi) is 6.32. The summed E-state index contributed by atoms with van der Waals surface area (Å²) in [7, 11) is 0. The largest absolute Gasteiger partial charge is 0.462 e. The number of amides is 1. The zero-order valence-corrected chi connectivity index (χ0v) is 17.0. The summed E-state index contributed by atoms with van der Waals surface area (Å²) < 4.78 is 5.29. The van der Waals surface area contributed by atoms with E-state index in [1.807, 2.05) is 19.9 Å². The Morgan fingerprint density at radius 2 is 2.00 bits per heavy atom. The molecule has 4 nitrogen and oxygen atoms in total. The van der Waals surface area contributed by atoms with E-state index in [9.17, 15) is 9.59 Å². The Morgan fingerprint density at radius 3 is 2.67 bits per heavy atom. The third kappa shape index (κ3) is 4.24. The molecule has 2 aromatic rings. The van der Waals surface area contributed by atoms with Crippen molar-refractivity contribution < 1.29 is 14.3 Å². The van der Waals surface area contributed by atoms with Gasteiger partial charge in [0.2, 0.25) is 5.91 Å². The normalized spacial score (nSPS) is 17.1. The number of carbonyl (C=O) groups excluding carboxylic acids is 2. The lowest BCUT2D eigenvalue weighted by molar-refractivity contribution is -0.119. The molecule has 0 saturated carbocycles. The van der Waals surface area contributed by atoms with Gasteiger partial charge in [-0.1, -0.05) is 44.2 Å². The summed E-state index contributed by atoms with van der Waals surface area (Å²) in [4.78, 5) is 26.2. The predicted molar refractivity (Wildman–Crippen MR) is 110 cm³/mol. The lowest BCUT2D eigenvalue weighted by Gasteiger charge is -2.23. The molecule has 1 amide bonds. The number of thiophene rings is 1. The van der Waals surface area contributed by atoms with Crippen molar-refractivity contribution in [3.63, 3.8) is 0 Å². The second-order valence-electron chi connectivity index (χ2n) is 7.08. The van der Waals surface area contributed by atoms with E-state index in [0.717, 1.165) is 31.2 Å². The number of hydrogen-bond acceptors (Lipinski definition) is 4. The maximum absolute atomic E-state index is 12.6. The van der Waals surface area contributed by atoms with Crippen LogP contribution in [0.5, 0.6) is 0 Å². The highest BCUT2D eigenvalue weighted by atomic mass is 32.1. The summed E-state index contributed by atoms with van der Waals surface area (Å²) in [5.41, 5.74) is 2.96. The summed E-state index contributed by atoms with van der Waals surface area (Å²) in [6, 6.07) is 10.5. The maximum atomic E-state index is 12.6. The highest BCUT2D eigenvalue weighted by molar-refractivity contribution is 7.17. The van der Waals surface area contributed by atoms with Crippen LogP contribution < -0.4 is 5.32 Å². The van der Waals surface area contributed by atoms with E-state index < -0.39 is 0 Å². The molecule has 144 valence electrons. The Hall–Kier alpha value is -2.14. The van der Waals surface area contributed by atoms with Crippen LogP contribution in [-0.4, -0.2) is 18.5 Å². The number of fused-ring (bicyclic) bond motifs is 1. The van der Waals surface area contributed by atoms with E-state index >= 15 is 0 Å². The van der Waals surface area contributed by atoms with E-state index in [2.05, 4.69) is 29.6 Å². The summed E-state index contributed by atoms with van der Waals surface area (Å²) in [5, 5.41) is 3.64.